The van der Waals surface area contributed by atoms with Gasteiger partial charge < -0.3 is 18.2 Å². The van der Waals surface area contributed by atoms with E-state index in [0.717, 1.165) is 0 Å². The second kappa shape index (κ2) is 6.16. The van der Waals surface area contributed by atoms with Crippen LogP contribution in [0.3, 0.4) is 0 Å². The molecule has 11 heteroatoms. The Balaban J connectivity index is -0.000000107. The minimum atomic E-state index is -5.17. The van der Waals surface area contributed by atoms with Crippen molar-refractivity contribution in [2.75, 3.05) is 0 Å². The molecule has 0 aliphatic heterocycles. The first-order valence-corrected chi connectivity index (χ1v) is 4.00. The van der Waals surface area contributed by atoms with Crippen molar-refractivity contribution in [3.05, 3.63) is 0 Å². The average molecular weight is 371 g/mol. The molecule has 0 heterocycles. The van der Waals surface area contributed by atoms with Crippen molar-refractivity contribution in [1.82, 2.24) is 0 Å². The molecule has 11 heavy (non-hydrogen) atoms. The molecular weight excluding hydrogens is 371 g/mol. The molecule has 0 amide bonds. The summed E-state index contributed by atoms with van der Waals surface area (Å²) in [5.41, 5.74) is 0. The molecule has 0 fully saturated rings. The van der Waals surface area contributed by atoms with Gasteiger partial charge in [-0.3, -0.25) is 16.8 Å². The van der Waals surface area contributed by atoms with Gasteiger partial charge in [0.05, 0.1) is 0 Å². The van der Waals surface area contributed by atoms with E-state index < -0.39 is 20.8 Å². The molecule has 64 valence electrons. The smallest absolute Gasteiger partial charge is 0.759 e. The summed E-state index contributed by atoms with van der Waals surface area (Å²) < 4.78 is 68.2. The molecule has 0 atom stereocenters. The Morgan fingerprint density at radius 3 is 0.636 bits per heavy atom. The zero-order valence-electron chi connectivity index (χ0n) is 4.58. The van der Waals surface area contributed by atoms with Crippen LogP contribution in [0.5, 0.6) is 0 Å². The zero-order valence-corrected chi connectivity index (χ0v) is 9.81. The van der Waals surface area contributed by atoms with Crippen molar-refractivity contribution < 1.29 is 60.9 Å². The van der Waals surface area contributed by atoms with E-state index in [1.165, 1.54) is 0 Å². The van der Waals surface area contributed by atoms with Crippen LogP contribution in [0.25, 0.3) is 0 Å². The van der Waals surface area contributed by atoms with Gasteiger partial charge in [0.1, 0.15) is 0 Å². The van der Waals surface area contributed by atoms with E-state index in [1.807, 2.05) is 0 Å². The van der Waals surface area contributed by atoms with Crippen LogP contribution in [0, 0.1) is 0 Å². The molecule has 0 saturated heterocycles. The van der Waals surface area contributed by atoms with Gasteiger partial charge in [-0.05, 0) is 0 Å². The minimum absolute atomic E-state index is 0. The Kier molecular flexibility index (Phi) is 9.88. The standard InChI is InChI=1S/Hf.2H2O4S/c;2*1-5(2,3)4/h;2*(H2,1,2,3,4)/q+4;;/p-4. The first-order chi connectivity index (χ1) is 4.00. The summed E-state index contributed by atoms with van der Waals surface area (Å²) >= 11 is 0. The number of hydrogen-bond acceptors (Lipinski definition) is 8. The summed E-state index contributed by atoms with van der Waals surface area (Å²) in [5.74, 6) is 0. The SMILES string of the molecule is O=S(=O)([O-])[O-].O=S(=O)([O-])[O-].[Hf+4]. The molecule has 0 aliphatic rings. The predicted molar refractivity (Wildman–Crippen MR) is 20.9 cm³/mol. The molecule has 0 radical (unpaired) electrons. The maximum atomic E-state index is 8.52. The van der Waals surface area contributed by atoms with Gasteiger partial charge in [0.15, 0.2) is 0 Å². The Morgan fingerprint density at radius 2 is 0.636 bits per heavy atom. The van der Waals surface area contributed by atoms with E-state index in [4.69, 9.17) is 35.0 Å². The molecule has 0 saturated carbocycles. The van der Waals surface area contributed by atoms with Gasteiger partial charge >= 0.3 is 25.8 Å². The van der Waals surface area contributed by atoms with Crippen molar-refractivity contribution in [2.45, 2.75) is 0 Å². The van der Waals surface area contributed by atoms with E-state index in [9.17, 15) is 0 Å². The van der Waals surface area contributed by atoms with Gasteiger partial charge in [-0.25, -0.2) is 0 Å². The normalized spacial score (nSPS) is 10.5. The van der Waals surface area contributed by atoms with Crippen LogP contribution in [0.2, 0.25) is 0 Å². The Bertz CT molecular complexity index is 208. The third kappa shape index (κ3) is 2110. The van der Waals surface area contributed by atoms with Crippen LogP contribution in [0.4, 0.5) is 0 Å². The van der Waals surface area contributed by atoms with Crippen molar-refractivity contribution in [3.8, 4) is 0 Å². The first-order valence-electron chi connectivity index (χ1n) is 1.33. The fraction of sp³-hybridized carbons (Fsp3) is 0. The average Bonchev–Trinajstić information content (AvgIpc) is 1.12. The monoisotopic (exact) mass is 372 g/mol. The molecule has 8 nitrogen and oxygen atoms in total. The molecule has 0 aromatic rings. The number of hydrogen-bond donors (Lipinski definition) is 0. The summed E-state index contributed by atoms with van der Waals surface area (Å²) in [6.45, 7) is 0. The van der Waals surface area contributed by atoms with Crippen LogP contribution in [-0.4, -0.2) is 35.0 Å². The molecule has 0 N–H and O–H groups in total. The van der Waals surface area contributed by atoms with Crippen LogP contribution >= 0.6 is 0 Å². The van der Waals surface area contributed by atoms with E-state index in [-0.39, 0.29) is 25.8 Å². The predicted octanol–water partition coefficient (Wildman–Crippen LogP) is -2.68. The minimum Gasteiger partial charge on any atom is -0.759 e. The van der Waals surface area contributed by atoms with Crippen molar-refractivity contribution >= 4 is 20.8 Å². The van der Waals surface area contributed by atoms with Gasteiger partial charge in [-0.2, -0.15) is 0 Å². The van der Waals surface area contributed by atoms with Gasteiger partial charge in [0.2, 0.25) is 0 Å². The second-order valence-electron chi connectivity index (χ2n) is 0.816. The maximum Gasteiger partial charge on any atom is 4.00 e. The largest absolute Gasteiger partial charge is 4.00 e. The fourth-order valence-electron chi connectivity index (χ4n) is 0. The quantitative estimate of drug-likeness (QED) is 0.253. The molecular formula is HfO8S2. The molecule has 0 spiro atoms. The topological polar surface area (TPSA) is 161 Å². The van der Waals surface area contributed by atoms with Gasteiger partial charge in [0.25, 0.3) is 0 Å². The van der Waals surface area contributed by atoms with E-state index >= 15 is 0 Å². The molecule has 0 aromatic carbocycles. The second-order valence-corrected chi connectivity index (χ2v) is 2.45. The van der Waals surface area contributed by atoms with Gasteiger partial charge in [-0.1, -0.05) is 0 Å². The van der Waals surface area contributed by atoms with Crippen LogP contribution in [-0.2, 0) is 46.6 Å². The van der Waals surface area contributed by atoms with E-state index in [1.54, 1.807) is 0 Å². The third-order valence-electron chi connectivity index (χ3n) is 0. The van der Waals surface area contributed by atoms with Crippen LogP contribution in [0.1, 0.15) is 0 Å². The van der Waals surface area contributed by atoms with Crippen molar-refractivity contribution in [2.24, 2.45) is 0 Å². The molecule has 0 aromatic heterocycles. The Morgan fingerprint density at radius 1 is 0.636 bits per heavy atom. The third-order valence-corrected chi connectivity index (χ3v) is 0. The van der Waals surface area contributed by atoms with E-state index in [2.05, 4.69) is 0 Å². The van der Waals surface area contributed by atoms with Crippen LogP contribution < -0.4 is 0 Å². The summed E-state index contributed by atoms with van der Waals surface area (Å²) in [6, 6.07) is 0. The molecule has 0 aliphatic carbocycles. The molecule has 0 unspecified atom stereocenters. The first kappa shape index (κ1) is 17.6. The number of rotatable bonds is 0. The maximum absolute atomic E-state index is 8.52. The summed E-state index contributed by atoms with van der Waals surface area (Å²) in [5, 5.41) is 0. The van der Waals surface area contributed by atoms with Gasteiger partial charge in [-0.15, -0.1) is 0 Å². The summed E-state index contributed by atoms with van der Waals surface area (Å²) in [6.07, 6.45) is 0. The Hall–Kier alpha value is 0.610. The molecule has 0 bridgehead atoms. The van der Waals surface area contributed by atoms with Crippen LogP contribution in [0.15, 0.2) is 0 Å². The van der Waals surface area contributed by atoms with Gasteiger partial charge in [0, 0.05) is 20.8 Å². The van der Waals surface area contributed by atoms with E-state index in [0.29, 0.717) is 0 Å². The summed E-state index contributed by atoms with van der Waals surface area (Å²) in [4.78, 5) is 0. The zero-order chi connectivity index (χ0) is 9.00. The Labute approximate surface area is 81.6 Å². The van der Waals surface area contributed by atoms with Crippen molar-refractivity contribution in [1.29, 1.82) is 0 Å². The summed E-state index contributed by atoms with van der Waals surface area (Å²) in [7, 11) is -10.3. The fourth-order valence-corrected chi connectivity index (χ4v) is 0. The molecule has 0 rings (SSSR count). The van der Waals surface area contributed by atoms with Crippen molar-refractivity contribution in [3.63, 3.8) is 0 Å².